The number of esters is 1. The van der Waals surface area contributed by atoms with E-state index in [1.54, 1.807) is 13.1 Å². The van der Waals surface area contributed by atoms with Crippen LogP contribution in [0, 0.1) is 5.92 Å². The maximum Gasteiger partial charge on any atom is 0.306 e. The Bertz CT molecular complexity index is 479. The van der Waals surface area contributed by atoms with Gasteiger partial charge in [0.05, 0.1) is 0 Å². The molecule has 1 amide bonds. The van der Waals surface area contributed by atoms with E-state index in [0.717, 1.165) is 17.5 Å². The lowest BCUT2D eigenvalue weighted by atomic mass is 9.99. The van der Waals surface area contributed by atoms with Gasteiger partial charge in [0, 0.05) is 19.4 Å². The minimum atomic E-state index is -0.273. The SMILES string of the molecule is C=Cc1ccc(COC(=O)CC[C@H](CC)C(=O)NC)cc1. The fourth-order valence-corrected chi connectivity index (χ4v) is 2.00. The van der Waals surface area contributed by atoms with E-state index in [2.05, 4.69) is 11.9 Å². The van der Waals surface area contributed by atoms with Crippen LogP contribution in [0.3, 0.4) is 0 Å². The number of hydrogen-bond acceptors (Lipinski definition) is 3. The normalized spacial score (nSPS) is 11.5. The summed E-state index contributed by atoms with van der Waals surface area (Å²) in [6, 6.07) is 7.66. The molecule has 0 heterocycles. The minimum Gasteiger partial charge on any atom is -0.461 e. The van der Waals surface area contributed by atoms with Gasteiger partial charge < -0.3 is 10.1 Å². The van der Waals surface area contributed by atoms with Gasteiger partial charge in [-0.15, -0.1) is 0 Å². The summed E-state index contributed by atoms with van der Waals surface area (Å²) in [7, 11) is 1.61. The van der Waals surface area contributed by atoms with E-state index in [1.807, 2.05) is 31.2 Å². The number of benzene rings is 1. The number of ether oxygens (including phenoxy) is 1. The van der Waals surface area contributed by atoms with Crippen LogP contribution in [0.25, 0.3) is 6.08 Å². The molecule has 0 aliphatic heterocycles. The highest BCUT2D eigenvalue weighted by Gasteiger charge is 2.16. The number of rotatable bonds is 8. The molecule has 0 bridgehead atoms. The zero-order valence-corrected chi connectivity index (χ0v) is 12.7. The molecule has 1 aromatic rings. The summed E-state index contributed by atoms with van der Waals surface area (Å²) in [4.78, 5) is 23.2. The van der Waals surface area contributed by atoms with Gasteiger partial charge in [-0.2, -0.15) is 0 Å². The highest BCUT2D eigenvalue weighted by molar-refractivity contribution is 5.79. The summed E-state index contributed by atoms with van der Waals surface area (Å²) >= 11 is 0. The number of amides is 1. The lowest BCUT2D eigenvalue weighted by Crippen LogP contribution is -2.27. The molecule has 1 rings (SSSR count). The molecule has 21 heavy (non-hydrogen) atoms. The number of carbonyl (C=O) groups is 2. The summed E-state index contributed by atoms with van der Waals surface area (Å²) in [6.07, 6.45) is 3.26. The molecule has 0 saturated heterocycles. The van der Waals surface area contributed by atoms with Crippen molar-refractivity contribution >= 4 is 18.0 Å². The first-order valence-corrected chi connectivity index (χ1v) is 7.19. The molecule has 114 valence electrons. The Morgan fingerprint density at radius 3 is 2.52 bits per heavy atom. The monoisotopic (exact) mass is 289 g/mol. The van der Waals surface area contributed by atoms with Gasteiger partial charge in [-0.1, -0.05) is 43.8 Å². The summed E-state index contributed by atoms with van der Waals surface area (Å²) in [5, 5.41) is 2.61. The largest absolute Gasteiger partial charge is 0.461 e. The van der Waals surface area contributed by atoms with Crippen molar-refractivity contribution in [2.75, 3.05) is 7.05 Å². The third-order valence-corrected chi connectivity index (χ3v) is 3.42. The highest BCUT2D eigenvalue weighted by Crippen LogP contribution is 2.13. The van der Waals surface area contributed by atoms with Crippen molar-refractivity contribution in [2.45, 2.75) is 32.8 Å². The molecule has 0 aliphatic carbocycles. The minimum absolute atomic E-state index is 0.0229. The quantitative estimate of drug-likeness (QED) is 0.749. The molecule has 0 radical (unpaired) electrons. The van der Waals surface area contributed by atoms with Crippen molar-refractivity contribution in [3.8, 4) is 0 Å². The maximum absolute atomic E-state index is 11.7. The van der Waals surface area contributed by atoms with E-state index >= 15 is 0 Å². The van der Waals surface area contributed by atoms with Crippen molar-refractivity contribution in [3.63, 3.8) is 0 Å². The van der Waals surface area contributed by atoms with E-state index in [1.165, 1.54) is 0 Å². The van der Waals surface area contributed by atoms with Crippen LogP contribution in [0.4, 0.5) is 0 Å². The van der Waals surface area contributed by atoms with Crippen molar-refractivity contribution in [1.82, 2.24) is 5.32 Å². The predicted molar refractivity (Wildman–Crippen MR) is 83.4 cm³/mol. The molecular weight excluding hydrogens is 266 g/mol. The smallest absolute Gasteiger partial charge is 0.306 e. The Balaban J connectivity index is 2.36. The molecule has 0 spiro atoms. The van der Waals surface area contributed by atoms with Gasteiger partial charge in [0.25, 0.3) is 0 Å². The molecule has 0 saturated carbocycles. The van der Waals surface area contributed by atoms with Crippen molar-refractivity contribution in [3.05, 3.63) is 42.0 Å². The molecule has 1 N–H and O–H groups in total. The zero-order valence-electron chi connectivity index (χ0n) is 12.7. The Kier molecular flexibility index (Phi) is 7.23. The second-order valence-electron chi connectivity index (χ2n) is 4.86. The van der Waals surface area contributed by atoms with Gasteiger partial charge in [-0.05, 0) is 24.0 Å². The van der Waals surface area contributed by atoms with Crippen LogP contribution >= 0.6 is 0 Å². The molecule has 4 heteroatoms. The molecule has 0 aromatic heterocycles. The lowest BCUT2D eigenvalue weighted by Gasteiger charge is -2.12. The highest BCUT2D eigenvalue weighted by atomic mass is 16.5. The van der Waals surface area contributed by atoms with E-state index in [-0.39, 0.29) is 30.8 Å². The van der Waals surface area contributed by atoms with Crippen LogP contribution < -0.4 is 5.32 Å². The Hall–Kier alpha value is -2.10. The van der Waals surface area contributed by atoms with Crippen LogP contribution in [0.1, 0.15) is 37.3 Å². The van der Waals surface area contributed by atoms with Crippen LogP contribution in [0.2, 0.25) is 0 Å². The van der Waals surface area contributed by atoms with E-state index < -0.39 is 0 Å². The molecule has 0 fully saturated rings. The van der Waals surface area contributed by atoms with E-state index in [9.17, 15) is 9.59 Å². The van der Waals surface area contributed by atoms with Gasteiger partial charge in [0.2, 0.25) is 5.91 Å². The van der Waals surface area contributed by atoms with Gasteiger partial charge >= 0.3 is 5.97 Å². The van der Waals surface area contributed by atoms with Crippen LogP contribution in [0.5, 0.6) is 0 Å². The first kappa shape index (κ1) is 17.0. The molecule has 0 aliphatic rings. The number of carbonyl (C=O) groups excluding carboxylic acids is 2. The molecular formula is C17H23NO3. The summed E-state index contributed by atoms with van der Waals surface area (Å²) in [5.74, 6) is -0.426. The standard InChI is InChI=1S/C17H23NO3/c1-4-13-6-8-14(9-7-13)12-21-16(19)11-10-15(5-2)17(20)18-3/h4,6-9,15H,1,5,10-12H2,2-3H3,(H,18,20)/t15-/m0/s1. The first-order chi connectivity index (χ1) is 10.1. The fourth-order valence-electron chi connectivity index (χ4n) is 2.00. The molecule has 0 unspecified atom stereocenters. The Morgan fingerprint density at radius 1 is 1.33 bits per heavy atom. The fraction of sp³-hybridized carbons (Fsp3) is 0.412. The van der Waals surface area contributed by atoms with Gasteiger partial charge in [0.15, 0.2) is 0 Å². The van der Waals surface area contributed by atoms with Crippen LogP contribution in [-0.4, -0.2) is 18.9 Å². The summed E-state index contributed by atoms with van der Waals surface area (Å²) in [5.41, 5.74) is 1.97. The van der Waals surface area contributed by atoms with E-state index in [4.69, 9.17) is 4.74 Å². The second-order valence-corrected chi connectivity index (χ2v) is 4.86. The zero-order chi connectivity index (χ0) is 15.7. The predicted octanol–water partition coefficient (Wildman–Crippen LogP) is 2.93. The summed E-state index contributed by atoms with van der Waals surface area (Å²) in [6.45, 7) is 5.88. The third kappa shape index (κ3) is 5.81. The molecule has 1 atom stereocenters. The van der Waals surface area contributed by atoms with Gasteiger partial charge in [-0.3, -0.25) is 9.59 Å². The Morgan fingerprint density at radius 2 is 2.00 bits per heavy atom. The number of hydrogen-bond donors (Lipinski definition) is 1. The van der Waals surface area contributed by atoms with Crippen LogP contribution in [0.15, 0.2) is 30.8 Å². The van der Waals surface area contributed by atoms with Crippen molar-refractivity contribution < 1.29 is 14.3 Å². The topological polar surface area (TPSA) is 55.4 Å². The molecule has 4 nitrogen and oxygen atoms in total. The van der Waals surface area contributed by atoms with Crippen LogP contribution in [-0.2, 0) is 20.9 Å². The van der Waals surface area contributed by atoms with Crippen molar-refractivity contribution in [2.24, 2.45) is 5.92 Å². The Labute approximate surface area is 126 Å². The van der Waals surface area contributed by atoms with Gasteiger partial charge in [0.1, 0.15) is 6.61 Å². The second kappa shape index (κ2) is 8.95. The number of nitrogens with one attached hydrogen (secondary N) is 1. The van der Waals surface area contributed by atoms with Crippen molar-refractivity contribution in [1.29, 1.82) is 0 Å². The first-order valence-electron chi connectivity index (χ1n) is 7.19. The summed E-state index contributed by atoms with van der Waals surface area (Å²) < 4.78 is 5.21. The average molecular weight is 289 g/mol. The molecule has 1 aromatic carbocycles. The maximum atomic E-state index is 11.7. The lowest BCUT2D eigenvalue weighted by molar-refractivity contribution is -0.145. The van der Waals surface area contributed by atoms with E-state index in [0.29, 0.717) is 6.42 Å². The third-order valence-electron chi connectivity index (χ3n) is 3.42. The average Bonchev–Trinajstić information content (AvgIpc) is 2.53. The van der Waals surface area contributed by atoms with Gasteiger partial charge in [-0.25, -0.2) is 0 Å².